The van der Waals surface area contributed by atoms with Gasteiger partial charge in [-0.05, 0) is 29.8 Å². The molecule has 1 amide bonds. The van der Waals surface area contributed by atoms with Crippen LogP contribution in [0.5, 0.6) is 0 Å². The maximum atomic E-state index is 12.6. The number of carbonyl (C=O) groups is 1. The second-order valence-electron chi connectivity index (χ2n) is 5.54. The third kappa shape index (κ3) is 3.02. The number of hydrogen-bond donors (Lipinski definition) is 0. The molecular formula is C19H13ClN4O. The van der Waals surface area contributed by atoms with Gasteiger partial charge in [0.1, 0.15) is 11.0 Å². The quantitative estimate of drug-likeness (QED) is 0.739. The van der Waals surface area contributed by atoms with Gasteiger partial charge in [-0.2, -0.15) is 4.99 Å². The Morgan fingerprint density at radius 1 is 1.16 bits per heavy atom. The molecule has 6 heteroatoms. The molecule has 4 rings (SSSR count). The summed E-state index contributed by atoms with van der Waals surface area (Å²) in [5.74, 6) is 0.650. The topological polar surface area (TPSA) is 57.9 Å². The van der Waals surface area contributed by atoms with E-state index < -0.39 is 5.91 Å². The largest absolute Gasteiger partial charge is 0.329 e. The van der Waals surface area contributed by atoms with Crippen LogP contribution >= 0.6 is 11.6 Å². The molecule has 5 nitrogen and oxygen atoms in total. The van der Waals surface area contributed by atoms with E-state index in [-0.39, 0.29) is 10.7 Å². The molecule has 0 unspecified atom stereocenters. The van der Waals surface area contributed by atoms with Crippen molar-refractivity contribution >= 4 is 29.2 Å². The van der Waals surface area contributed by atoms with Crippen molar-refractivity contribution in [3.8, 4) is 0 Å². The molecule has 0 saturated heterocycles. The minimum absolute atomic E-state index is 0.133. The average molecular weight is 349 g/mol. The molecule has 2 aliphatic rings. The van der Waals surface area contributed by atoms with Crippen molar-refractivity contribution in [3.63, 3.8) is 0 Å². The molecule has 0 spiro atoms. The first-order chi connectivity index (χ1) is 12.2. The van der Waals surface area contributed by atoms with Crippen molar-refractivity contribution in [3.05, 3.63) is 88.9 Å². The smallest absolute Gasteiger partial charge is 0.282 e. The van der Waals surface area contributed by atoms with Crippen molar-refractivity contribution in [2.75, 3.05) is 0 Å². The van der Waals surface area contributed by atoms with Crippen LogP contribution in [0.1, 0.15) is 21.5 Å². The van der Waals surface area contributed by atoms with Crippen LogP contribution in [-0.4, -0.2) is 27.5 Å². The van der Waals surface area contributed by atoms with Gasteiger partial charge in [0.05, 0.1) is 5.56 Å². The highest BCUT2D eigenvalue weighted by atomic mass is 35.5. The SMILES string of the molecule is O=C(N=C1N=C2C=CC=CN2Cc2ccccc21)c1cccnc1Cl. The van der Waals surface area contributed by atoms with E-state index in [4.69, 9.17) is 11.6 Å². The van der Waals surface area contributed by atoms with Crippen LogP contribution < -0.4 is 0 Å². The first kappa shape index (κ1) is 15.5. The first-order valence-electron chi connectivity index (χ1n) is 7.74. The number of amides is 1. The number of hydrogen-bond acceptors (Lipinski definition) is 3. The number of rotatable bonds is 1. The highest BCUT2D eigenvalue weighted by Gasteiger charge is 2.21. The van der Waals surface area contributed by atoms with E-state index >= 15 is 0 Å². The van der Waals surface area contributed by atoms with Gasteiger partial charge < -0.3 is 4.90 Å². The number of aromatic nitrogens is 1. The average Bonchev–Trinajstić information content (AvgIpc) is 2.78. The van der Waals surface area contributed by atoms with Gasteiger partial charge >= 0.3 is 0 Å². The molecule has 0 saturated carbocycles. The summed E-state index contributed by atoms with van der Waals surface area (Å²) in [6.45, 7) is 0.663. The van der Waals surface area contributed by atoms with Gasteiger partial charge in [-0.25, -0.2) is 9.98 Å². The number of nitrogens with zero attached hydrogens (tertiary/aromatic N) is 4. The van der Waals surface area contributed by atoms with E-state index in [0.29, 0.717) is 12.4 Å². The summed E-state index contributed by atoms with van der Waals surface area (Å²) in [5.41, 5.74) is 2.14. The third-order valence-electron chi connectivity index (χ3n) is 3.93. The summed E-state index contributed by atoms with van der Waals surface area (Å²) < 4.78 is 0. The van der Waals surface area contributed by atoms with Gasteiger partial charge in [0.25, 0.3) is 5.91 Å². The molecule has 0 atom stereocenters. The van der Waals surface area contributed by atoms with Crippen molar-refractivity contribution in [1.82, 2.24) is 9.88 Å². The lowest BCUT2D eigenvalue weighted by Gasteiger charge is -2.20. The van der Waals surface area contributed by atoms with Crippen LogP contribution in [0.2, 0.25) is 5.15 Å². The van der Waals surface area contributed by atoms with Gasteiger partial charge in [0.15, 0.2) is 5.84 Å². The Hall–Kier alpha value is -3.05. The summed E-state index contributed by atoms with van der Waals surface area (Å²) in [6.07, 6.45) is 9.23. The zero-order valence-corrected chi connectivity index (χ0v) is 13.9. The van der Waals surface area contributed by atoms with Crippen molar-refractivity contribution in [2.24, 2.45) is 9.98 Å². The molecule has 0 radical (unpaired) electrons. The molecule has 0 aliphatic carbocycles. The third-order valence-corrected chi connectivity index (χ3v) is 4.23. The minimum Gasteiger partial charge on any atom is -0.329 e. The van der Waals surface area contributed by atoms with Gasteiger partial charge in [0.2, 0.25) is 0 Å². The van der Waals surface area contributed by atoms with Crippen LogP contribution in [-0.2, 0) is 6.54 Å². The van der Waals surface area contributed by atoms with Gasteiger partial charge in [-0.15, -0.1) is 0 Å². The Kier molecular flexibility index (Phi) is 3.99. The van der Waals surface area contributed by atoms with Gasteiger partial charge in [-0.1, -0.05) is 41.9 Å². The predicted octanol–water partition coefficient (Wildman–Crippen LogP) is 3.62. The minimum atomic E-state index is -0.462. The van der Waals surface area contributed by atoms with E-state index in [0.717, 1.165) is 17.0 Å². The zero-order chi connectivity index (χ0) is 17.2. The second-order valence-corrected chi connectivity index (χ2v) is 5.90. The molecule has 0 bridgehead atoms. The lowest BCUT2D eigenvalue weighted by molar-refractivity contribution is 0.100. The lowest BCUT2D eigenvalue weighted by atomic mass is 10.1. The number of allylic oxidation sites excluding steroid dienone is 2. The molecule has 2 aliphatic heterocycles. The Balaban J connectivity index is 1.84. The molecule has 0 fully saturated rings. The van der Waals surface area contributed by atoms with Crippen LogP contribution in [0, 0.1) is 0 Å². The molecule has 1 aromatic carbocycles. The molecule has 25 heavy (non-hydrogen) atoms. The summed E-state index contributed by atoms with van der Waals surface area (Å²) in [4.78, 5) is 27.4. The fourth-order valence-corrected chi connectivity index (χ4v) is 2.92. The highest BCUT2D eigenvalue weighted by molar-refractivity contribution is 6.33. The van der Waals surface area contributed by atoms with Crippen molar-refractivity contribution < 1.29 is 4.79 Å². The van der Waals surface area contributed by atoms with Crippen LogP contribution in [0.4, 0.5) is 0 Å². The van der Waals surface area contributed by atoms with Crippen LogP contribution in [0.3, 0.4) is 0 Å². The maximum Gasteiger partial charge on any atom is 0.282 e. The van der Waals surface area contributed by atoms with E-state index in [1.807, 2.05) is 53.6 Å². The Labute approximate surface area is 149 Å². The fourth-order valence-electron chi connectivity index (χ4n) is 2.72. The van der Waals surface area contributed by atoms with Crippen LogP contribution in [0.15, 0.2) is 77.0 Å². The zero-order valence-electron chi connectivity index (χ0n) is 13.1. The number of pyridine rings is 1. The number of benzene rings is 1. The number of aliphatic imine (C=N–C) groups is 2. The molecule has 2 aromatic rings. The first-order valence-corrected chi connectivity index (χ1v) is 8.12. The Morgan fingerprint density at radius 2 is 2.04 bits per heavy atom. The molecule has 1 aromatic heterocycles. The van der Waals surface area contributed by atoms with E-state index in [9.17, 15) is 4.79 Å². The standard InChI is InChI=1S/C19H13ClN4O/c20-17-15(8-5-10-21-17)19(25)23-18-14-7-2-1-6-13(14)12-24-11-4-3-9-16(24)22-18/h1-11H,12H2. The Bertz CT molecular complexity index is 975. The second kappa shape index (κ2) is 6.45. The number of amidine groups is 2. The summed E-state index contributed by atoms with van der Waals surface area (Å²) >= 11 is 6.01. The summed E-state index contributed by atoms with van der Waals surface area (Å²) in [6, 6.07) is 11.1. The predicted molar refractivity (Wildman–Crippen MR) is 97.8 cm³/mol. The highest BCUT2D eigenvalue weighted by Crippen LogP contribution is 2.21. The van der Waals surface area contributed by atoms with E-state index in [1.54, 1.807) is 12.1 Å². The van der Waals surface area contributed by atoms with Gasteiger partial charge in [-0.3, -0.25) is 4.79 Å². The molecule has 3 heterocycles. The normalized spacial score (nSPS) is 16.9. The van der Waals surface area contributed by atoms with Gasteiger partial charge in [0, 0.05) is 24.5 Å². The molecule has 122 valence electrons. The Morgan fingerprint density at radius 3 is 2.92 bits per heavy atom. The monoisotopic (exact) mass is 348 g/mol. The van der Waals surface area contributed by atoms with E-state index in [1.165, 1.54) is 6.20 Å². The van der Waals surface area contributed by atoms with Crippen molar-refractivity contribution in [1.29, 1.82) is 0 Å². The fraction of sp³-hybridized carbons (Fsp3) is 0.0526. The summed E-state index contributed by atoms with van der Waals surface area (Å²) in [7, 11) is 0. The summed E-state index contributed by atoms with van der Waals surface area (Å²) in [5, 5.41) is 0.133. The molecule has 0 N–H and O–H groups in total. The number of carbonyl (C=O) groups excluding carboxylic acids is 1. The van der Waals surface area contributed by atoms with E-state index in [2.05, 4.69) is 15.0 Å². The molecular weight excluding hydrogens is 336 g/mol. The van der Waals surface area contributed by atoms with Crippen LogP contribution in [0.25, 0.3) is 0 Å². The van der Waals surface area contributed by atoms with Crippen molar-refractivity contribution in [2.45, 2.75) is 6.54 Å². The lowest BCUT2D eigenvalue weighted by Crippen LogP contribution is -2.24. The maximum absolute atomic E-state index is 12.6. The number of fused-ring (bicyclic) bond motifs is 2. The number of halogens is 1.